The van der Waals surface area contributed by atoms with E-state index in [1.165, 1.54) is 12.8 Å². The molecule has 0 radical (unpaired) electrons. The van der Waals surface area contributed by atoms with Gasteiger partial charge in [0.25, 0.3) is 5.91 Å². The van der Waals surface area contributed by atoms with Gasteiger partial charge in [0, 0.05) is 42.0 Å². The number of carbonyl (C=O) groups is 1. The molecule has 122 valence electrons. The summed E-state index contributed by atoms with van der Waals surface area (Å²) in [5.41, 5.74) is 2.66. The van der Waals surface area contributed by atoms with E-state index in [-0.39, 0.29) is 11.9 Å². The van der Waals surface area contributed by atoms with Gasteiger partial charge < -0.3 is 9.88 Å². The Bertz CT molecular complexity index is 868. The molecule has 0 bridgehead atoms. The minimum atomic E-state index is -0.0388. The van der Waals surface area contributed by atoms with E-state index in [0.717, 1.165) is 22.2 Å². The molecule has 0 unspecified atom stereocenters. The molecule has 2 heterocycles. The fourth-order valence-corrected chi connectivity index (χ4v) is 3.03. The number of nitrogens with one attached hydrogen (secondary N) is 1. The van der Waals surface area contributed by atoms with Gasteiger partial charge >= 0.3 is 0 Å². The van der Waals surface area contributed by atoms with Gasteiger partial charge in [-0.15, -0.1) is 0 Å². The van der Waals surface area contributed by atoms with Crippen molar-refractivity contribution in [1.29, 1.82) is 0 Å². The standard InChI is InChI=1S/C19H20N4O/c1-13(11-23-9-8-20-12-23)21-19(24)16-10-18(14-6-7-14)22-17-5-3-2-4-15(16)17/h2-5,8-10,12-14H,6-7,11H2,1H3,(H,21,24)/t13-/m1/s1. The number of hydrogen-bond acceptors (Lipinski definition) is 3. The first-order valence-electron chi connectivity index (χ1n) is 8.37. The Hall–Kier alpha value is -2.69. The molecule has 2 aromatic heterocycles. The fraction of sp³-hybridized carbons (Fsp3) is 0.316. The Morgan fingerprint density at radius 1 is 1.38 bits per heavy atom. The molecule has 1 amide bonds. The maximum absolute atomic E-state index is 12.8. The first kappa shape index (κ1) is 14.9. The molecule has 5 heteroatoms. The SMILES string of the molecule is C[C@H](Cn1ccnc1)NC(=O)c1cc(C2CC2)nc2ccccc12. The molecule has 0 aliphatic heterocycles. The quantitative estimate of drug-likeness (QED) is 0.786. The molecule has 5 nitrogen and oxygen atoms in total. The highest BCUT2D eigenvalue weighted by Gasteiger charge is 2.27. The maximum Gasteiger partial charge on any atom is 0.252 e. The minimum Gasteiger partial charge on any atom is -0.348 e. The summed E-state index contributed by atoms with van der Waals surface area (Å²) in [6.07, 6.45) is 7.74. The molecule has 1 fully saturated rings. The number of hydrogen-bond donors (Lipinski definition) is 1. The smallest absolute Gasteiger partial charge is 0.252 e. The first-order chi connectivity index (χ1) is 11.7. The van der Waals surface area contributed by atoms with Crippen LogP contribution in [0.25, 0.3) is 10.9 Å². The Morgan fingerprint density at radius 3 is 2.96 bits per heavy atom. The zero-order valence-electron chi connectivity index (χ0n) is 13.6. The van der Waals surface area contributed by atoms with Crippen LogP contribution in [0.3, 0.4) is 0 Å². The summed E-state index contributed by atoms with van der Waals surface area (Å²) in [7, 11) is 0. The highest BCUT2D eigenvalue weighted by atomic mass is 16.1. The average Bonchev–Trinajstić information content (AvgIpc) is 3.32. The summed E-state index contributed by atoms with van der Waals surface area (Å²) in [6, 6.07) is 9.85. The van der Waals surface area contributed by atoms with Crippen LogP contribution < -0.4 is 5.32 Å². The number of imidazole rings is 1. The van der Waals surface area contributed by atoms with E-state index in [2.05, 4.69) is 10.3 Å². The van der Waals surface area contributed by atoms with Crippen molar-refractivity contribution in [3.8, 4) is 0 Å². The number of fused-ring (bicyclic) bond motifs is 1. The lowest BCUT2D eigenvalue weighted by atomic mass is 10.0. The predicted molar refractivity (Wildman–Crippen MR) is 92.9 cm³/mol. The van der Waals surface area contributed by atoms with Gasteiger partial charge in [-0.25, -0.2) is 4.98 Å². The van der Waals surface area contributed by atoms with Crippen molar-refractivity contribution < 1.29 is 4.79 Å². The number of rotatable bonds is 5. The largest absolute Gasteiger partial charge is 0.348 e. The van der Waals surface area contributed by atoms with E-state index >= 15 is 0 Å². The van der Waals surface area contributed by atoms with E-state index in [0.29, 0.717) is 12.5 Å². The van der Waals surface area contributed by atoms with Crippen LogP contribution >= 0.6 is 0 Å². The summed E-state index contributed by atoms with van der Waals surface area (Å²) in [5.74, 6) is 0.479. The Balaban J connectivity index is 1.61. The predicted octanol–water partition coefficient (Wildman–Crippen LogP) is 3.13. The normalized spacial score (nSPS) is 15.4. The van der Waals surface area contributed by atoms with Crippen molar-refractivity contribution in [2.45, 2.75) is 38.3 Å². The molecule has 1 aromatic carbocycles. The zero-order chi connectivity index (χ0) is 16.5. The van der Waals surface area contributed by atoms with Gasteiger partial charge in [0.05, 0.1) is 17.4 Å². The second-order valence-electron chi connectivity index (χ2n) is 6.52. The highest BCUT2D eigenvalue weighted by Crippen LogP contribution is 2.40. The number of pyridine rings is 1. The van der Waals surface area contributed by atoms with Crippen LogP contribution in [0.2, 0.25) is 0 Å². The molecule has 0 saturated heterocycles. The second-order valence-corrected chi connectivity index (χ2v) is 6.52. The topological polar surface area (TPSA) is 59.8 Å². The van der Waals surface area contributed by atoms with Crippen LogP contribution in [-0.2, 0) is 6.54 Å². The van der Waals surface area contributed by atoms with Crippen LogP contribution in [0, 0.1) is 0 Å². The van der Waals surface area contributed by atoms with Crippen LogP contribution in [-0.4, -0.2) is 26.5 Å². The van der Waals surface area contributed by atoms with Crippen LogP contribution in [0.15, 0.2) is 49.1 Å². The third-order valence-corrected chi connectivity index (χ3v) is 4.40. The number of aromatic nitrogens is 3. The zero-order valence-corrected chi connectivity index (χ0v) is 13.6. The third kappa shape index (κ3) is 3.02. The minimum absolute atomic E-state index is 0.0167. The van der Waals surface area contributed by atoms with Gasteiger partial charge in [0.1, 0.15) is 0 Å². The van der Waals surface area contributed by atoms with Gasteiger partial charge in [0.2, 0.25) is 0 Å². The number of amides is 1. The van der Waals surface area contributed by atoms with Crippen molar-refractivity contribution in [3.63, 3.8) is 0 Å². The lowest BCUT2D eigenvalue weighted by Crippen LogP contribution is -2.35. The van der Waals surface area contributed by atoms with Crippen LogP contribution in [0.5, 0.6) is 0 Å². The summed E-state index contributed by atoms with van der Waals surface area (Å²) in [4.78, 5) is 21.6. The molecule has 1 N–H and O–H groups in total. The maximum atomic E-state index is 12.8. The van der Waals surface area contributed by atoms with Crippen molar-refractivity contribution in [2.75, 3.05) is 0 Å². The van der Waals surface area contributed by atoms with Gasteiger partial charge in [-0.3, -0.25) is 9.78 Å². The summed E-state index contributed by atoms with van der Waals surface area (Å²) < 4.78 is 1.96. The molecule has 24 heavy (non-hydrogen) atoms. The van der Waals surface area contributed by atoms with E-state index in [1.807, 2.05) is 48.0 Å². The van der Waals surface area contributed by atoms with Crippen molar-refractivity contribution in [3.05, 3.63) is 60.3 Å². The van der Waals surface area contributed by atoms with Gasteiger partial charge in [-0.1, -0.05) is 18.2 Å². The summed E-state index contributed by atoms with van der Waals surface area (Å²) in [6.45, 7) is 2.70. The Labute approximate surface area is 140 Å². The molecule has 1 aliphatic rings. The van der Waals surface area contributed by atoms with Crippen molar-refractivity contribution in [1.82, 2.24) is 19.9 Å². The molecular formula is C19H20N4O. The van der Waals surface area contributed by atoms with Crippen LogP contribution in [0.1, 0.15) is 41.7 Å². The molecule has 1 saturated carbocycles. The van der Waals surface area contributed by atoms with E-state index in [1.54, 1.807) is 12.5 Å². The number of nitrogens with zero attached hydrogens (tertiary/aromatic N) is 3. The lowest BCUT2D eigenvalue weighted by Gasteiger charge is -2.16. The molecule has 1 atom stereocenters. The number of para-hydroxylation sites is 1. The molecule has 1 aliphatic carbocycles. The van der Waals surface area contributed by atoms with Crippen molar-refractivity contribution >= 4 is 16.8 Å². The number of benzene rings is 1. The fourth-order valence-electron chi connectivity index (χ4n) is 3.03. The van der Waals surface area contributed by atoms with E-state index in [4.69, 9.17) is 4.98 Å². The number of carbonyl (C=O) groups excluding carboxylic acids is 1. The van der Waals surface area contributed by atoms with Gasteiger partial charge in [-0.05, 0) is 31.9 Å². The molecule has 3 aromatic rings. The summed E-state index contributed by atoms with van der Waals surface area (Å²) in [5, 5.41) is 4.01. The Morgan fingerprint density at radius 2 is 2.21 bits per heavy atom. The first-order valence-corrected chi connectivity index (χ1v) is 8.37. The Kier molecular flexibility index (Phi) is 3.76. The second kappa shape index (κ2) is 6.07. The highest BCUT2D eigenvalue weighted by molar-refractivity contribution is 6.06. The summed E-state index contributed by atoms with van der Waals surface area (Å²) >= 11 is 0. The molecule has 4 rings (SSSR count). The van der Waals surface area contributed by atoms with Gasteiger partial charge in [0.15, 0.2) is 0 Å². The monoisotopic (exact) mass is 320 g/mol. The van der Waals surface area contributed by atoms with E-state index in [9.17, 15) is 4.79 Å². The van der Waals surface area contributed by atoms with Crippen LogP contribution in [0.4, 0.5) is 0 Å². The van der Waals surface area contributed by atoms with Crippen molar-refractivity contribution in [2.24, 2.45) is 0 Å². The van der Waals surface area contributed by atoms with E-state index < -0.39 is 0 Å². The molecule has 0 spiro atoms. The average molecular weight is 320 g/mol. The van der Waals surface area contributed by atoms with Gasteiger partial charge in [-0.2, -0.15) is 0 Å². The lowest BCUT2D eigenvalue weighted by molar-refractivity contribution is 0.0938. The molecular weight excluding hydrogens is 300 g/mol. The third-order valence-electron chi connectivity index (χ3n) is 4.40.